The molecule has 1 aromatic carbocycles. The normalized spacial score (nSPS) is 10.8. The molecular weight excluding hydrogens is 244 g/mol. The molecule has 0 radical (unpaired) electrons. The number of aryl methyl sites for hydroxylation is 1. The van der Waals surface area contributed by atoms with Crippen LogP contribution in [0.5, 0.6) is 0 Å². The van der Waals surface area contributed by atoms with Gasteiger partial charge in [0.25, 0.3) is 0 Å². The second-order valence-corrected chi connectivity index (χ2v) is 3.83. The van der Waals surface area contributed by atoms with Crippen molar-refractivity contribution < 1.29 is 4.84 Å². The average Bonchev–Trinajstić information content (AvgIpc) is 2.35. The van der Waals surface area contributed by atoms with Crippen LogP contribution in [0.3, 0.4) is 0 Å². The molecule has 19 heavy (non-hydrogen) atoms. The molecule has 0 bridgehead atoms. The summed E-state index contributed by atoms with van der Waals surface area (Å²) in [5.41, 5.74) is 13.0. The molecule has 0 unspecified atom stereocenters. The summed E-state index contributed by atoms with van der Waals surface area (Å²) in [4.78, 5) is 16.5. The van der Waals surface area contributed by atoms with Gasteiger partial charge in [0.15, 0.2) is 12.4 Å². The number of nitrogens with zero attached hydrogens (tertiary/aromatic N) is 4. The van der Waals surface area contributed by atoms with Crippen LogP contribution in [0.25, 0.3) is 0 Å². The Bertz CT molecular complexity index is 578. The highest BCUT2D eigenvalue weighted by molar-refractivity contribution is 5.80. The van der Waals surface area contributed by atoms with Crippen LogP contribution in [0.1, 0.15) is 17.0 Å². The van der Waals surface area contributed by atoms with E-state index in [0.29, 0.717) is 5.82 Å². The van der Waals surface area contributed by atoms with Crippen molar-refractivity contribution in [3.05, 3.63) is 41.2 Å². The van der Waals surface area contributed by atoms with Crippen LogP contribution < -0.4 is 11.5 Å². The first-order valence-corrected chi connectivity index (χ1v) is 5.62. The highest BCUT2D eigenvalue weighted by Gasteiger charge is 2.01. The number of rotatable bonds is 4. The van der Waals surface area contributed by atoms with Crippen LogP contribution >= 0.6 is 0 Å². The summed E-state index contributed by atoms with van der Waals surface area (Å²) in [6.45, 7) is 2.08. The van der Waals surface area contributed by atoms with E-state index in [-0.39, 0.29) is 18.5 Å². The van der Waals surface area contributed by atoms with Crippen LogP contribution in [-0.4, -0.2) is 21.2 Å². The molecule has 7 nitrogen and oxygen atoms in total. The second kappa shape index (κ2) is 5.76. The monoisotopic (exact) mass is 258 g/mol. The Morgan fingerprint density at radius 3 is 2.53 bits per heavy atom. The van der Waals surface area contributed by atoms with E-state index in [4.69, 9.17) is 16.3 Å². The Kier molecular flexibility index (Phi) is 3.87. The third kappa shape index (κ3) is 3.63. The lowest BCUT2D eigenvalue weighted by Crippen LogP contribution is -2.07. The molecule has 2 rings (SSSR count). The fourth-order valence-electron chi connectivity index (χ4n) is 1.44. The van der Waals surface area contributed by atoms with Gasteiger partial charge in [-0.15, -0.1) is 0 Å². The predicted molar refractivity (Wildman–Crippen MR) is 72.2 cm³/mol. The zero-order chi connectivity index (χ0) is 13.7. The summed E-state index contributed by atoms with van der Waals surface area (Å²) in [7, 11) is 0. The van der Waals surface area contributed by atoms with Gasteiger partial charge in [0.2, 0.25) is 11.9 Å². The Morgan fingerprint density at radius 1 is 1.16 bits per heavy atom. The maximum atomic E-state index is 5.44. The summed E-state index contributed by atoms with van der Waals surface area (Å²) in [6, 6.07) is 7.83. The van der Waals surface area contributed by atoms with Crippen LogP contribution in [0.2, 0.25) is 0 Å². The van der Waals surface area contributed by atoms with E-state index in [1.54, 1.807) is 6.21 Å². The highest BCUT2D eigenvalue weighted by atomic mass is 16.6. The third-order valence-electron chi connectivity index (χ3n) is 2.36. The molecule has 0 spiro atoms. The van der Waals surface area contributed by atoms with Gasteiger partial charge in [-0.25, -0.2) is 0 Å². The predicted octanol–water partition coefficient (Wildman–Crippen LogP) is 0.895. The Morgan fingerprint density at radius 2 is 1.84 bits per heavy atom. The molecule has 0 fully saturated rings. The quantitative estimate of drug-likeness (QED) is 0.622. The van der Waals surface area contributed by atoms with E-state index < -0.39 is 0 Å². The Hall–Kier alpha value is -2.70. The third-order valence-corrected chi connectivity index (χ3v) is 2.36. The smallest absolute Gasteiger partial charge is 0.225 e. The van der Waals surface area contributed by atoms with Crippen LogP contribution in [0.15, 0.2) is 29.4 Å². The lowest BCUT2D eigenvalue weighted by atomic mass is 10.1. The second-order valence-electron chi connectivity index (χ2n) is 3.83. The van der Waals surface area contributed by atoms with Crippen molar-refractivity contribution in [1.29, 1.82) is 0 Å². The van der Waals surface area contributed by atoms with Crippen LogP contribution in [0, 0.1) is 6.92 Å². The number of nitrogens with two attached hydrogens (primary N) is 2. The Balaban J connectivity index is 1.95. The van der Waals surface area contributed by atoms with Gasteiger partial charge >= 0.3 is 0 Å². The first-order valence-electron chi connectivity index (χ1n) is 5.62. The molecule has 2 aromatic rings. The van der Waals surface area contributed by atoms with Gasteiger partial charge in [-0.1, -0.05) is 29.4 Å². The first-order chi connectivity index (χ1) is 9.15. The molecule has 1 aromatic heterocycles. The van der Waals surface area contributed by atoms with E-state index in [1.807, 2.05) is 31.2 Å². The molecule has 0 saturated heterocycles. The lowest BCUT2D eigenvalue weighted by Gasteiger charge is -2.01. The highest BCUT2D eigenvalue weighted by Crippen LogP contribution is 2.04. The minimum Gasteiger partial charge on any atom is -0.388 e. The van der Waals surface area contributed by atoms with E-state index in [9.17, 15) is 0 Å². The fourth-order valence-corrected chi connectivity index (χ4v) is 1.44. The van der Waals surface area contributed by atoms with Crippen LogP contribution in [-0.2, 0) is 11.4 Å². The Labute approximate surface area is 110 Å². The summed E-state index contributed by atoms with van der Waals surface area (Å²) < 4.78 is 0. The molecule has 0 atom stereocenters. The summed E-state index contributed by atoms with van der Waals surface area (Å²) in [6.07, 6.45) is 1.63. The molecule has 98 valence electrons. The van der Waals surface area contributed by atoms with Crippen LogP contribution in [0.4, 0.5) is 11.9 Å². The molecule has 1 heterocycles. The molecule has 0 saturated carbocycles. The number of benzene rings is 1. The number of oxime groups is 1. The van der Waals surface area contributed by atoms with Gasteiger partial charge in [0.05, 0.1) is 6.21 Å². The SMILES string of the molecule is Cc1ccccc1/C=N\OCc1nc(N)nc(N)n1. The largest absolute Gasteiger partial charge is 0.388 e. The number of aromatic nitrogens is 3. The number of nitrogen functional groups attached to an aromatic ring is 2. The maximum Gasteiger partial charge on any atom is 0.225 e. The van der Waals surface area contributed by atoms with Gasteiger partial charge < -0.3 is 16.3 Å². The number of anilines is 2. The van der Waals surface area contributed by atoms with Gasteiger partial charge in [-0.05, 0) is 18.1 Å². The molecule has 7 heteroatoms. The average molecular weight is 258 g/mol. The lowest BCUT2D eigenvalue weighted by molar-refractivity contribution is 0.126. The topological polar surface area (TPSA) is 112 Å². The summed E-state index contributed by atoms with van der Waals surface area (Å²) in [5.74, 6) is 0.468. The van der Waals surface area contributed by atoms with Gasteiger partial charge in [0.1, 0.15) is 0 Å². The standard InChI is InChI=1S/C12H14N6O/c1-8-4-2-3-5-9(8)6-15-19-7-10-16-11(13)18-12(14)17-10/h2-6H,7H2,1H3,(H4,13,14,16,17,18)/b15-6-. The summed E-state index contributed by atoms with van der Waals surface area (Å²) in [5, 5.41) is 3.85. The van der Waals surface area contributed by atoms with Crippen molar-refractivity contribution >= 4 is 18.1 Å². The number of hydrogen-bond donors (Lipinski definition) is 2. The van der Waals surface area contributed by atoms with E-state index >= 15 is 0 Å². The molecule has 4 N–H and O–H groups in total. The molecule has 0 aliphatic rings. The van der Waals surface area contributed by atoms with Crippen molar-refractivity contribution in [3.63, 3.8) is 0 Å². The molecule has 0 aliphatic heterocycles. The minimum atomic E-state index is 0.0639. The molecule has 0 aliphatic carbocycles. The maximum absolute atomic E-state index is 5.44. The zero-order valence-electron chi connectivity index (χ0n) is 10.4. The van der Waals surface area contributed by atoms with Gasteiger partial charge in [0, 0.05) is 0 Å². The van der Waals surface area contributed by atoms with Crippen molar-refractivity contribution in [2.75, 3.05) is 11.5 Å². The van der Waals surface area contributed by atoms with Crippen molar-refractivity contribution in [1.82, 2.24) is 15.0 Å². The van der Waals surface area contributed by atoms with Crippen molar-refractivity contribution in [3.8, 4) is 0 Å². The summed E-state index contributed by atoms with van der Waals surface area (Å²) >= 11 is 0. The van der Waals surface area contributed by atoms with E-state index in [0.717, 1.165) is 11.1 Å². The zero-order valence-corrected chi connectivity index (χ0v) is 10.4. The molecule has 0 amide bonds. The fraction of sp³-hybridized carbons (Fsp3) is 0.167. The van der Waals surface area contributed by atoms with Crippen molar-refractivity contribution in [2.24, 2.45) is 5.16 Å². The van der Waals surface area contributed by atoms with Crippen molar-refractivity contribution in [2.45, 2.75) is 13.5 Å². The van der Waals surface area contributed by atoms with Gasteiger partial charge in [-0.2, -0.15) is 15.0 Å². The van der Waals surface area contributed by atoms with E-state index in [2.05, 4.69) is 20.1 Å². The minimum absolute atomic E-state index is 0.0639. The molecular formula is C12H14N6O. The van der Waals surface area contributed by atoms with E-state index in [1.165, 1.54) is 0 Å². The number of hydrogen-bond acceptors (Lipinski definition) is 7. The van der Waals surface area contributed by atoms with Gasteiger partial charge in [-0.3, -0.25) is 0 Å². The first kappa shape index (κ1) is 12.7.